The van der Waals surface area contributed by atoms with E-state index in [0.29, 0.717) is 12.1 Å². The number of rotatable bonds is 2. The summed E-state index contributed by atoms with van der Waals surface area (Å²) in [5, 5.41) is 9.29. The van der Waals surface area contributed by atoms with Gasteiger partial charge in [0.05, 0.1) is 17.6 Å². The Bertz CT molecular complexity index is 439. The van der Waals surface area contributed by atoms with Crippen molar-refractivity contribution in [1.82, 2.24) is 0 Å². The fourth-order valence-corrected chi connectivity index (χ4v) is 2.38. The van der Waals surface area contributed by atoms with E-state index in [2.05, 4.69) is 0 Å². The molecule has 4 heteroatoms. The van der Waals surface area contributed by atoms with E-state index in [9.17, 15) is 9.90 Å². The molecule has 0 bridgehead atoms. The zero-order valence-electron chi connectivity index (χ0n) is 10.7. The number of carboxylic acids is 1. The molecular formula is C14H19NO3. The summed E-state index contributed by atoms with van der Waals surface area (Å²) in [5.41, 5.74) is 6.91. The van der Waals surface area contributed by atoms with Crippen LogP contribution in [-0.2, 0) is 9.53 Å². The van der Waals surface area contributed by atoms with Gasteiger partial charge in [-0.2, -0.15) is 0 Å². The average Bonchev–Trinajstić information content (AvgIpc) is 2.28. The van der Waals surface area contributed by atoms with E-state index >= 15 is 0 Å². The zero-order chi connectivity index (χ0) is 13.3. The maximum Gasteiger partial charge on any atom is 0.309 e. The van der Waals surface area contributed by atoms with Gasteiger partial charge in [0.15, 0.2) is 0 Å². The van der Waals surface area contributed by atoms with Crippen LogP contribution < -0.4 is 5.73 Å². The molecule has 18 heavy (non-hydrogen) atoms. The van der Waals surface area contributed by atoms with E-state index in [-0.39, 0.29) is 5.60 Å². The number of nitrogen functional groups attached to an aromatic ring is 1. The van der Waals surface area contributed by atoms with Crippen LogP contribution in [0.15, 0.2) is 24.3 Å². The maximum atomic E-state index is 11.3. The Morgan fingerprint density at radius 3 is 2.56 bits per heavy atom. The number of hydrogen-bond acceptors (Lipinski definition) is 3. The molecule has 98 valence electrons. The van der Waals surface area contributed by atoms with E-state index in [0.717, 1.165) is 12.0 Å². The normalized spacial score (nSPS) is 26.8. The highest BCUT2D eigenvalue weighted by Gasteiger charge is 2.40. The smallest absolute Gasteiger partial charge is 0.309 e. The number of nitrogens with two attached hydrogens (primary N) is 1. The highest BCUT2D eigenvalue weighted by Crippen LogP contribution is 2.41. The van der Waals surface area contributed by atoms with Crippen LogP contribution in [-0.4, -0.2) is 16.7 Å². The molecular weight excluding hydrogens is 230 g/mol. The van der Waals surface area contributed by atoms with Crippen LogP contribution in [0.5, 0.6) is 0 Å². The molecule has 0 amide bonds. The summed E-state index contributed by atoms with van der Waals surface area (Å²) in [6.45, 7) is 3.99. The summed E-state index contributed by atoms with van der Waals surface area (Å²) < 4.78 is 5.95. The maximum absolute atomic E-state index is 11.3. The van der Waals surface area contributed by atoms with E-state index in [1.54, 1.807) is 12.1 Å². The van der Waals surface area contributed by atoms with Gasteiger partial charge in [0.25, 0.3) is 0 Å². The van der Waals surface area contributed by atoms with Crippen LogP contribution in [0.25, 0.3) is 0 Å². The van der Waals surface area contributed by atoms with Crippen molar-refractivity contribution in [2.24, 2.45) is 5.92 Å². The summed E-state index contributed by atoms with van der Waals surface area (Å²) in [5.74, 6) is -1.28. The van der Waals surface area contributed by atoms with Gasteiger partial charge in [-0.1, -0.05) is 12.1 Å². The first-order chi connectivity index (χ1) is 8.39. The van der Waals surface area contributed by atoms with Gasteiger partial charge >= 0.3 is 5.97 Å². The SMILES string of the molecule is CC1(C)CCC(C(=O)O)C(c2ccc(N)cc2)O1. The van der Waals surface area contributed by atoms with Crippen molar-refractivity contribution in [3.05, 3.63) is 29.8 Å². The van der Waals surface area contributed by atoms with Gasteiger partial charge in [-0.3, -0.25) is 4.79 Å². The minimum atomic E-state index is -0.799. The second-order valence-electron chi connectivity index (χ2n) is 5.45. The Hall–Kier alpha value is -1.55. The summed E-state index contributed by atoms with van der Waals surface area (Å²) >= 11 is 0. The van der Waals surface area contributed by atoms with Crippen LogP contribution in [0.1, 0.15) is 38.4 Å². The average molecular weight is 249 g/mol. The second kappa shape index (κ2) is 4.61. The van der Waals surface area contributed by atoms with E-state index < -0.39 is 18.0 Å². The van der Waals surface area contributed by atoms with Gasteiger partial charge in [-0.05, 0) is 44.4 Å². The first-order valence-electron chi connectivity index (χ1n) is 6.15. The molecule has 0 aromatic heterocycles. The number of anilines is 1. The van der Waals surface area contributed by atoms with Crippen molar-refractivity contribution in [1.29, 1.82) is 0 Å². The molecule has 1 aromatic rings. The Morgan fingerprint density at radius 2 is 2.00 bits per heavy atom. The molecule has 1 aliphatic rings. The van der Waals surface area contributed by atoms with Gasteiger partial charge < -0.3 is 15.6 Å². The molecule has 4 nitrogen and oxygen atoms in total. The number of hydrogen-bond donors (Lipinski definition) is 2. The quantitative estimate of drug-likeness (QED) is 0.790. The van der Waals surface area contributed by atoms with Crippen molar-refractivity contribution < 1.29 is 14.6 Å². The van der Waals surface area contributed by atoms with Crippen molar-refractivity contribution in [2.75, 3.05) is 5.73 Å². The zero-order valence-corrected chi connectivity index (χ0v) is 10.7. The lowest BCUT2D eigenvalue weighted by Crippen LogP contribution is -2.39. The Kier molecular flexibility index (Phi) is 3.30. The van der Waals surface area contributed by atoms with Crippen LogP contribution >= 0.6 is 0 Å². The van der Waals surface area contributed by atoms with E-state index in [1.807, 2.05) is 26.0 Å². The second-order valence-corrected chi connectivity index (χ2v) is 5.45. The highest BCUT2D eigenvalue weighted by atomic mass is 16.5. The molecule has 2 unspecified atom stereocenters. The predicted molar refractivity (Wildman–Crippen MR) is 69.1 cm³/mol. The third-order valence-electron chi connectivity index (χ3n) is 3.45. The molecule has 0 spiro atoms. The molecule has 0 radical (unpaired) electrons. The molecule has 1 saturated heterocycles. The molecule has 0 saturated carbocycles. The first kappa shape index (κ1) is 12.9. The molecule has 1 heterocycles. The Labute approximate surface area is 107 Å². The van der Waals surface area contributed by atoms with Gasteiger partial charge in [0.2, 0.25) is 0 Å². The largest absolute Gasteiger partial charge is 0.481 e. The fraction of sp³-hybridized carbons (Fsp3) is 0.500. The third kappa shape index (κ3) is 2.64. The lowest BCUT2D eigenvalue weighted by atomic mass is 9.84. The topological polar surface area (TPSA) is 72.5 Å². The van der Waals surface area contributed by atoms with Crippen molar-refractivity contribution in [3.63, 3.8) is 0 Å². The van der Waals surface area contributed by atoms with Crippen molar-refractivity contribution in [3.8, 4) is 0 Å². The standard InChI is InChI=1S/C14H19NO3/c1-14(2)8-7-11(13(16)17)12(18-14)9-3-5-10(15)6-4-9/h3-6,11-12H,7-8,15H2,1-2H3,(H,16,17). The van der Waals surface area contributed by atoms with Crippen molar-refractivity contribution in [2.45, 2.75) is 38.4 Å². The fourth-order valence-electron chi connectivity index (χ4n) is 2.38. The van der Waals surface area contributed by atoms with E-state index in [1.165, 1.54) is 0 Å². The van der Waals surface area contributed by atoms with Gasteiger partial charge in [-0.15, -0.1) is 0 Å². The summed E-state index contributed by atoms with van der Waals surface area (Å²) in [4.78, 5) is 11.3. The summed E-state index contributed by atoms with van der Waals surface area (Å²) in [6, 6.07) is 7.24. The number of benzene rings is 1. The van der Waals surface area contributed by atoms with Gasteiger partial charge in [-0.25, -0.2) is 0 Å². The molecule has 0 aliphatic carbocycles. The molecule has 1 aliphatic heterocycles. The minimum Gasteiger partial charge on any atom is -0.481 e. The monoisotopic (exact) mass is 249 g/mol. The lowest BCUT2D eigenvalue weighted by Gasteiger charge is -2.39. The Morgan fingerprint density at radius 1 is 1.39 bits per heavy atom. The number of carboxylic acid groups (broad SMARTS) is 1. The van der Waals surface area contributed by atoms with Crippen LogP contribution in [0, 0.1) is 5.92 Å². The molecule has 2 rings (SSSR count). The molecule has 2 atom stereocenters. The van der Waals surface area contributed by atoms with Crippen LogP contribution in [0.4, 0.5) is 5.69 Å². The molecule has 1 aromatic carbocycles. The number of ether oxygens (including phenoxy) is 1. The van der Waals surface area contributed by atoms with Crippen molar-refractivity contribution >= 4 is 11.7 Å². The van der Waals surface area contributed by atoms with Gasteiger partial charge in [0, 0.05) is 5.69 Å². The van der Waals surface area contributed by atoms with Crippen LogP contribution in [0.2, 0.25) is 0 Å². The number of aliphatic carboxylic acids is 1. The predicted octanol–water partition coefficient (Wildman–Crippen LogP) is 2.60. The molecule has 3 N–H and O–H groups in total. The van der Waals surface area contributed by atoms with E-state index in [4.69, 9.17) is 10.5 Å². The number of carbonyl (C=O) groups is 1. The van der Waals surface area contributed by atoms with Crippen LogP contribution in [0.3, 0.4) is 0 Å². The summed E-state index contributed by atoms with van der Waals surface area (Å²) in [7, 11) is 0. The molecule has 1 fully saturated rings. The third-order valence-corrected chi connectivity index (χ3v) is 3.45. The summed E-state index contributed by atoms with van der Waals surface area (Å²) in [6.07, 6.45) is 0.999. The minimum absolute atomic E-state index is 0.280. The Balaban J connectivity index is 2.30. The van der Waals surface area contributed by atoms with Gasteiger partial charge in [0.1, 0.15) is 0 Å². The first-order valence-corrected chi connectivity index (χ1v) is 6.15. The highest BCUT2D eigenvalue weighted by molar-refractivity contribution is 5.71. The lowest BCUT2D eigenvalue weighted by molar-refractivity contribution is -0.170.